The highest BCUT2D eigenvalue weighted by Gasteiger charge is 2.37. The summed E-state index contributed by atoms with van der Waals surface area (Å²) >= 11 is 0. The van der Waals surface area contributed by atoms with Crippen LogP contribution in [-0.2, 0) is 21.4 Å². The van der Waals surface area contributed by atoms with Crippen LogP contribution in [0.5, 0.6) is 0 Å². The standard InChI is InChI=1S/C23H27F2N3O3S/c1-17(29)26-11-13-27(14-12-26)21-9-6-19(22(25)15-21)16-28-10-2-3-23(32(28,30)31)18-4-7-20(24)8-5-18/h4-9,15,23H,2-3,10-14,16H2,1H3. The first-order chi connectivity index (χ1) is 15.3. The molecule has 0 aliphatic carbocycles. The molecule has 0 bridgehead atoms. The molecule has 1 atom stereocenters. The summed E-state index contributed by atoms with van der Waals surface area (Å²) in [6, 6.07) is 10.4. The third-order valence-corrected chi connectivity index (χ3v) is 8.57. The average molecular weight is 464 g/mol. The maximum Gasteiger partial charge on any atom is 0.221 e. The van der Waals surface area contributed by atoms with Gasteiger partial charge in [0.2, 0.25) is 15.9 Å². The minimum absolute atomic E-state index is 0.0351. The molecule has 172 valence electrons. The van der Waals surface area contributed by atoms with E-state index in [0.29, 0.717) is 56.7 Å². The van der Waals surface area contributed by atoms with Crippen LogP contribution in [0.2, 0.25) is 0 Å². The highest BCUT2D eigenvalue weighted by molar-refractivity contribution is 7.89. The maximum absolute atomic E-state index is 14.9. The molecule has 0 N–H and O–H groups in total. The Morgan fingerprint density at radius 3 is 2.31 bits per heavy atom. The van der Waals surface area contributed by atoms with Gasteiger partial charge in [-0.05, 0) is 42.7 Å². The van der Waals surface area contributed by atoms with Gasteiger partial charge in [0.1, 0.15) is 16.9 Å². The molecule has 2 fully saturated rings. The smallest absolute Gasteiger partial charge is 0.221 e. The topological polar surface area (TPSA) is 60.9 Å². The Morgan fingerprint density at radius 1 is 1.00 bits per heavy atom. The second-order valence-corrected chi connectivity index (χ2v) is 10.4. The monoisotopic (exact) mass is 463 g/mol. The summed E-state index contributed by atoms with van der Waals surface area (Å²) in [6.45, 7) is 4.26. The average Bonchev–Trinajstić information content (AvgIpc) is 2.77. The van der Waals surface area contributed by atoms with Gasteiger partial charge in [-0.1, -0.05) is 18.2 Å². The van der Waals surface area contributed by atoms with Gasteiger partial charge < -0.3 is 9.80 Å². The van der Waals surface area contributed by atoms with Crippen molar-refractivity contribution in [1.29, 1.82) is 0 Å². The van der Waals surface area contributed by atoms with Crippen LogP contribution in [0.4, 0.5) is 14.5 Å². The molecule has 2 aromatic rings. The number of sulfonamides is 1. The third-order valence-electron chi connectivity index (χ3n) is 6.31. The number of carbonyl (C=O) groups is 1. The summed E-state index contributed by atoms with van der Waals surface area (Å²) in [5.74, 6) is -0.827. The number of hydrogen-bond acceptors (Lipinski definition) is 4. The van der Waals surface area contributed by atoms with Crippen LogP contribution >= 0.6 is 0 Å². The lowest BCUT2D eigenvalue weighted by Crippen LogP contribution is -2.48. The molecule has 2 aliphatic rings. The second-order valence-electron chi connectivity index (χ2n) is 8.33. The first kappa shape index (κ1) is 22.7. The Labute approximate surface area is 187 Å². The summed E-state index contributed by atoms with van der Waals surface area (Å²) in [6.07, 6.45) is 1.11. The molecular weight excluding hydrogens is 436 g/mol. The highest BCUT2D eigenvalue weighted by atomic mass is 32.2. The number of piperazine rings is 1. The van der Waals surface area contributed by atoms with Gasteiger partial charge in [0.05, 0.1) is 0 Å². The predicted octanol–water partition coefficient (Wildman–Crippen LogP) is 3.30. The fraction of sp³-hybridized carbons (Fsp3) is 0.435. The van der Waals surface area contributed by atoms with Crippen LogP contribution in [-0.4, -0.2) is 56.3 Å². The summed E-state index contributed by atoms with van der Waals surface area (Å²) in [7, 11) is -3.69. The highest BCUT2D eigenvalue weighted by Crippen LogP contribution is 2.35. The van der Waals surface area contributed by atoms with Gasteiger partial charge in [-0.2, -0.15) is 4.31 Å². The Balaban J connectivity index is 1.47. The fourth-order valence-electron chi connectivity index (χ4n) is 4.42. The van der Waals surface area contributed by atoms with Gasteiger partial charge in [0, 0.05) is 57.4 Å². The van der Waals surface area contributed by atoms with Crippen LogP contribution in [0.1, 0.15) is 36.1 Å². The first-order valence-corrected chi connectivity index (χ1v) is 12.3. The number of nitrogens with zero attached hydrogens (tertiary/aromatic N) is 3. The van der Waals surface area contributed by atoms with Crippen molar-refractivity contribution >= 4 is 21.6 Å². The van der Waals surface area contributed by atoms with E-state index >= 15 is 0 Å². The lowest BCUT2D eigenvalue weighted by atomic mass is 10.1. The summed E-state index contributed by atoms with van der Waals surface area (Å²) in [5, 5.41) is -0.753. The van der Waals surface area contributed by atoms with Crippen LogP contribution in [0.3, 0.4) is 0 Å². The van der Waals surface area contributed by atoms with Crippen LogP contribution in [0.15, 0.2) is 42.5 Å². The molecule has 2 aliphatic heterocycles. The molecule has 2 heterocycles. The van der Waals surface area contributed by atoms with Crippen LogP contribution in [0, 0.1) is 11.6 Å². The molecule has 9 heteroatoms. The van der Waals surface area contributed by atoms with Crippen molar-refractivity contribution in [3.05, 3.63) is 65.2 Å². The molecule has 4 rings (SSSR count). The van der Waals surface area contributed by atoms with Gasteiger partial charge in [0.25, 0.3) is 0 Å². The Kier molecular flexibility index (Phi) is 6.48. The molecule has 0 aromatic heterocycles. The number of hydrogen-bond donors (Lipinski definition) is 0. The molecule has 32 heavy (non-hydrogen) atoms. The molecule has 1 unspecified atom stereocenters. The van der Waals surface area contributed by atoms with Crippen molar-refractivity contribution in [2.45, 2.75) is 31.6 Å². The lowest BCUT2D eigenvalue weighted by molar-refractivity contribution is -0.129. The van der Waals surface area contributed by atoms with E-state index in [1.54, 1.807) is 24.0 Å². The zero-order valence-corrected chi connectivity index (χ0v) is 18.8. The fourth-order valence-corrected chi connectivity index (χ4v) is 6.45. The number of amides is 1. The lowest BCUT2D eigenvalue weighted by Gasteiger charge is -2.36. The molecule has 1 amide bonds. The molecule has 0 radical (unpaired) electrons. The Morgan fingerprint density at radius 2 is 1.69 bits per heavy atom. The molecule has 0 saturated carbocycles. The van der Waals surface area contributed by atoms with Crippen molar-refractivity contribution in [2.24, 2.45) is 0 Å². The minimum atomic E-state index is -3.69. The minimum Gasteiger partial charge on any atom is -0.368 e. The zero-order chi connectivity index (χ0) is 22.9. The Hall–Kier alpha value is -2.52. The molecule has 2 aromatic carbocycles. The summed E-state index contributed by atoms with van der Waals surface area (Å²) in [4.78, 5) is 15.3. The number of benzene rings is 2. The van der Waals surface area contributed by atoms with E-state index in [-0.39, 0.29) is 12.5 Å². The van der Waals surface area contributed by atoms with E-state index in [1.807, 2.05) is 4.90 Å². The van der Waals surface area contributed by atoms with Crippen molar-refractivity contribution in [3.63, 3.8) is 0 Å². The van der Waals surface area contributed by atoms with Gasteiger partial charge in [0.15, 0.2) is 0 Å². The van der Waals surface area contributed by atoms with E-state index in [2.05, 4.69) is 0 Å². The molecule has 2 saturated heterocycles. The van der Waals surface area contributed by atoms with Gasteiger partial charge >= 0.3 is 0 Å². The van der Waals surface area contributed by atoms with Crippen LogP contribution < -0.4 is 4.90 Å². The second kappa shape index (κ2) is 9.15. The Bertz CT molecular complexity index is 1080. The molecule has 0 spiro atoms. The number of carbonyl (C=O) groups excluding carboxylic acids is 1. The normalized spacial score (nSPS) is 21.5. The van der Waals surface area contributed by atoms with E-state index in [4.69, 9.17) is 0 Å². The third kappa shape index (κ3) is 4.63. The first-order valence-electron chi connectivity index (χ1n) is 10.8. The SMILES string of the molecule is CC(=O)N1CCN(c2ccc(CN3CCCC(c4ccc(F)cc4)S3(=O)=O)c(F)c2)CC1. The predicted molar refractivity (Wildman–Crippen MR) is 119 cm³/mol. The summed E-state index contributed by atoms with van der Waals surface area (Å²) in [5.41, 5.74) is 1.59. The molecule has 6 nitrogen and oxygen atoms in total. The van der Waals surface area contributed by atoms with Crippen molar-refractivity contribution < 1.29 is 22.0 Å². The number of rotatable bonds is 4. The van der Waals surface area contributed by atoms with E-state index in [9.17, 15) is 22.0 Å². The van der Waals surface area contributed by atoms with Gasteiger partial charge in [-0.3, -0.25) is 4.79 Å². The van der Waals surface area contributed by atoms with Crippen molar-refractivity contribution in [2.75, 3.05) is 37.6 Å². The molecular formula is C23H27F2N3O3S. The largest absolute Gasteiger partial charge is 0.368 e. The number of anilines is 1. The maximum atomic E-state index is 14.9. The van der Waals surface area contributed by atoms with E-state index < -0.39 is 26.9 Å². The van der Waals surface area contributed by atoms with Crippen molar-refractivity contribution in [3.8, 4) is 0 Å². The van der Waals surface area contributed by atoms with Crippen LogP contribution in [0.25, 0.3) is 0 Å². The zero-order valence-electron chi connectivity index (χ0n) is 18.0. The summed E-state index contributed by atoms with van der Waals surface area (Å²) < 4.78 is 55.9. The van der Waals surface area contributed by atoms with Crippen molar-refractivity contribution in [1.82, 2.24) is 9.21 Å². The quantitative estimate of drug-likeness (QED) is 0.698. The van der Waals surface area contributed by atoms with Gasteiger partial charge in [-0.25, -0.2) is 17.2 Å². The number of halogens is 2. The van der Waals surface area contributed by atoms with E-state index in [1.165, 1.54) is 34.6 Å². The van der Waals surface area contributed by atoms with E-state index in [0.717, 1.165) is 5.69 Å². The van der Waals surface area contributed by atoms with Gasteiger partial charge in [-0.15, -0.1) is 0 Å².